The van der Waals surface area contributed by atoms with Crippen LogP contribution in [0.1, 0.15) is 18.9 Å². The molecule has 6 nitrogen and oxygen atoms in total. The van der Waals surface area contributed by atoms with Gasteiger partial charge in [0.1, 0.15) is 11.5 Å². The van der Waals surface area contributed by atoms with Crippen molar-refractivity contribution in [2.24, 2.45) is 0 Å². The number of methoxy groups -OCH3 is 2. The van der Waals surface area contributed by atoms with Gasteiger partial charge in [-0.15, -0.1) is 0 Å². The Hall–Kier alpha value is -1.07. The van der Waals surface area contributed by atoms with Crippen LogP contribution in [0.4, 0.5) is 0 Å². The van der Waals surface area contributed by atoms with Crippen molar-refractivity contribution in [2.45, 2.75) is 19.8 Å². The molecule has 0 aliphatic heterocycles. The van der Waals surface area contributed by atoms with Gasteiger partial charge in [0.25, 0.3) is 0 Å². The van der Waals surface area contributed by atoms with Crippen LogP contribution >= 0.6 is 7.82 Å². The van der Waals surface area contributed by atoms with Gasteiger partial charge < -0.3 is 14.4 Å². The zero-order valence-corrected chi connectivity index (χ0v) is 12.9. The number of phosphoric ester groups is 1. The van der Waals surface area contributed by atoms with E-state index in [-0.39, 0.29) is 13.2 Å². The smallest absolute Gasteiger partial charge is 0.472 e. The molecule has 0 bridgehead atoms. The van der Waals surface area contributed by atoms with Crippen molar-refractivity contribution < 1.29 is 28.0 Å². The highest BCUT2D eigenvalue weighted by molar-refractivity contribution is 7.47. The molecule has 1 aromatic carbocycles. The van der Waals surface area contributed by atoms with Crippen molar-refractivity contribution in [1.29, 1.82) is 0 Å². The maximum atomic E-state index is 11.3. The predicted molar refractivity (Wildman–Crippen MR) is 75.3 cm³/mol. The minimum absolute atomic E-state index is 0.139. The van der Waals surface area contributed by atoms with Crippen molar-refractivity contribution in [2.75, 3.05) is 27.4 Å². The van der Waals surface area contributed by atoms with E-state index in [2.05, 4.69) is 4.52 Å². The lowest BCUT2D eigenvalue weighted by Gasteiger charge is -2.12. The van der Waals surface area contributed by atoms with Gasteiger partial charge in [-0.1, -0.05) is 6.07 Å². The van der Waals surface area contributed by atoms with Gasteiger partial charge in [-0.05, 0) is 31.4 Å². The fourth-order valence-electron chi connectivity index (χ4n) is 1.70. The van der Waals surface area contributed by atoms with Gasteiger partial charge >= 0.3 is 7.82 Å². The van der Waals surface area contributed by atoms with Gasteiger partial charge in [-0.2, -0.15) is 0 Å². The van der Waals surface area contributed by atoms with E-state index in [1.807, 2.05) is 12.1 Å². The summed E-state index contributed by atoms with van der Waals surface area (Å²) in [5.74, 6) is 1.44. The van der Waals surface area contributed by atoms with E-state index in [0.29, 0.717) is 12.8 Å². The van der Waals surface area contributed by atoms with Crippen LogP contribution in [0.3, 0.4) is 0 Å². The van der Waals surface area contributed by atoms with E-state index >= 15 is 0 Å². The summed E-state index contributed by atoms with van der Waals surface area (Å²) in [5, 5.41) is 0. The largest absolute Gasteiger partial charge is 0.497 e. The topological polar surface area (TPSA) is 74.2 Å². The van der Waals surface area contributed by atoms with Crippen LogP contribution < -0.4 is 9.47 Å². The molecule has 1 unspecified atom stereocenters. The van der Waals surface area contributed by atoms with Crippen molar-refractivity contribution in [1.82, 2.24) is 0 Å². The Kier molecular flexibility index (Phi) is 7.02. The first-order valence-corrected chi connectivity index (χ1v) is 7.84. The van der Waals surface area contributed by atoms with Crippen LogP contribution in [0.5, 0.6) is 11.5 Å². The Balaban J connectivity index is 2.48. The molecule has 0 heterocycles. The number of benzene rings is 1. The summed E-state index contributed by atoms with van der Waals surface area (Å²) in [7, 11) is -0.715. The number of ether oxygens (including phenoxy) is 2. The van der Waals surface area contributed by atoms with E-state index in [0.717, 1.165) is 17.1 Å². The van der Waals surface area contributed by atoms with Gasteiger partial charge in [-0.25, -0.2) is 4.57 Å². The van der Waals surface area contributed by atoms with Crippen LogP contribution in [0.25, 0.3) is 0 Å². The third-order valence-corrected chi connectivity index (χ3v) is 3.72. The molecule has 7 heteroatoms. The molecule has 114 valence electrons. The standard InChI is InChI=1S/C13H21O6P/c1-4-18-20(14,15)19-9-5-6-11-7-8-12(16-2)10-13(11)17-3/h7-8,10H,4-6,9H2,1-3H3,(H,14,15). The fourth-order valence-corrected chi connectivity index (χ4v) is 2.46. The Morgan fingerprint density at radius 1 is 1.20 bits per heavy atom. The highest BCUT2D eigenvalue weighted by Crippen LogP contribution is 2.43. The molecular formula is C13H21O6P. The monoisotopic (exact) mass is 304 g/mol. The Morgan fingerprint density at radius 3 is 2.55 bits per heavy atom. The van der Waals surface area contributed by atoms with Crippen LogP contribution in [0.2, 0.25) is 0 Å². The van der Waals surface area contributed by atoms with Crippen molar-refractivity contribution in [3.05, 3.63) is 23.8 Å². The van der Waals surface area contributed by atoms with Crippen LogP contribution in [-0.2, 0) is 20.0 Å². The molecule has 0 amide bonds. The van der Waals surface area contributed by atoms with Gasteiger partial charge in [0.15, 0.2) is 0 Å². The molecule has 0 spiro atoms. The third kappa shape index (κ3) is 5.51. The maximum absolute atomic E-state index is 11.3. The molecule has 0 aromatic heterocycles. The number of hydrogen-bond donors (Lipinski definition) is 1. The number of hydrogen-bond acceptors (Lipinski definition) is 5. The molecule has 1 N–H and O–H groups in total. The first-order chi connectivity index (χ1) is 9.52. The fraction of sp³-hybridized carbons (Fsp3) is 0.538. The zero-order valence-electron chi connectivity index (χ0n) is 12.0. The van der Waals surface area contributed by atoms with Crippen molar-refractivity contribution >= 4 is 7.82 Å². The van der Waals surface area contributed by atoms with Crippen molar-refractivity contribution in [3.63, 3.8) is 0 Å². The second-order valence-electron chi connectivity index (χ2n) is 4.00. The van der Waals surface area contributed by atoms with E-state index in [9.17, 15) is 9.46 Å². The van der Waals surface area contributed by atoms with E-state index in [1.165, 1.54) is 0 Å². The zero-order chi connectivity index (χ0) is 15.0. The SMILES string of the molecule is CCOP(=O)(O)OCCCc1ccc(OC)cc1OC. The first kappa shape index (κ1) is 17.0. The summed E-state index contributed by atoms with van der Waals surface area (Å²) in [6.45, 7) is 1.91. The number of rotatable bonds is 9. The molecular weight excluding hydrogens is 283 g/mol. The normalized spacial score (nSPS) is 13.8. The summed E-state index contributed by atoms with van der Waals surface area (Å²) >= 11 is 0. The Labute approximate surface area is 119 Å². The molecule has 0 saturated heterocycles. The third-order valence-electron chi connectivity index (χ3n) is 2.63. The quantitative estimate of drug-likeness (QED) is 0.558. The highest BCUT2D eigenvalue weighted by atomic mass is 31.2. The maximum Gasteiger partial charge on any atom is 0.472 e. The average molecular weight is 304 g/mol. The Bertz CT molecular complexity index is 462. The summed E-state index contributed by atoms with van der Waals surface area (Å²) in [5.41, 5.74) is 0.987. The van der Waals surface area contributed by atoms with Crippen LogP contribution in [0, 0.1) is 0 Å². The first-order valence-electron chi connectivity index (χ1n) is 6.35. The number of aryl methyl sites for hydroxylation is 1. The molecule has 0 radical (unpaired) electrons. The van der Waals surface area contributed by atoms with E-state index in [1.54, 1.807) is 27.2 Å². The Morgan fingerprint density at radius 2 is 1.95 bits per heavy atom. The minimum atomic E-state index is -3.90. The molecule has 0 aliphatic carbocycles. The second kappa shape index (κ2) is 8.27. The molecule has 1 atom stereocenters. The van der Waals surface area contributed by atoms with E-state index < -0.39 is 7.82 Å². The van der Waals surface area contributed by atoms with Crippen LogP contribution in [0.15, 0.2) is 18.2 Å². The van der Waals surface area contributed by atoms with E-state index in [4.69, 9.17) is 14.0 Å². The molecule has 1 rings (SSSR count). The van der Waals surface area contributed by atoms with Crippen LogP contribution in [-0.4, -0.2) is 32.3 Å². The molecule has 1 aromatic rings. The second-order valence-corrected chi connectivity index (χ2v) is 5.45. The molecule has 20 heavy (non-hydrogen) atoms. The molecule has 0 aliphatic rings. The lowest BCUT2D eigenvalue weighted by molar-refractivity contribution is 0.154. The highest BCUT2D eigenvalue weighted by Gasteiger charge is 2.19. The summed E-state index contributed by atoms with van der Waals surface area (Å²) in [6, 6.07) is 5.54. The minimum Gasteiger partial charge on any atom is -0.497 e. The van der Waals surface area contributed by atoms with Gasteiger partial charge in [0.05, 0.1) is 27.4 Å². The summed E-state index contributed by atoms with van der Waals surface area (Å²) in [4.78, 5) is 9.25. The summed E-state index contributed by atoms with van der Waals surface area (Å²) < 4.78 is 31.1. The van der Waals surface area contributed by atoms with Gasteiger partial charge in [0.2, 0.25) is 0 Å². The van der Waals surface area contributed by atoms with Gasteiger partial charge in [-0.3, -0.25) is 9.05 Å². The van der Waals surface area contributed by atoms with Gasteiger partial charge in [0, 0.05) is 6.07 Å². The molecule has 0 fully saturated rings. The average Bonchev–Trinajstić information content (AvgIpc) is 2.43. The number of phosphoric acid groups is 1. The lowest BCUT2D eigenvalue weighted by atomic mass is 10.1. The predicted octanol–water partition coefficient (Wildman–Crippen LogP) is 2.79. The molecule has 0 saturated carbocycles. The lowest BCUT2D eigenvalue weighted by Crippen LogP contribution is -2.00. The summed E-state index contributed by atoms with van der Waals surface area (Å²) in [6.07, 6.45) is 1.25. The van der Waals surface area contributed by atoms with Crippen molar-refractivity contribution in [3.8, 4) is 11.5 Å².